The number of nitrogens with zero attached hydrogens (tertiary/aromatic N) is 3. The van der Waals surface area contributed by atoms with Crippen molar-refractivity contribution in [1.82, 2.24) is 19.8 Å². The van der Waals surface area contributed by atoms with Crippen molar-refractivity contribution >= 4 is 16.0 Å². The summed E-state index contributed by atoms with van der Waals surface area (Å²) in [4.78, 5) is 6.58. The first kappa shape index (κ1) is 22.2. The normalized spacial score (nSPS) is 22.4. The predicted molar refractivity (Wildman–Crippen MR) is 99.0 cm³/mol. The monoisotopic (exact) mass is 413 g/mol. The number of guanidine groups is 1. The Morgan fingerprint density at radius 2 is 1.67 bits per heavy atom. The number of halogens is 3. The van der Waals surface area contributed by atoms with Crippen molar-refractivity contribution in [2.24, 2.45) is 4.99 Å². The Balaban J connectivity index is 1.73. The highest BCUT2D eigenvalue weighted by molar-refractivity contribution is 7.90. The molecule has 0 radical (unpaired) electrons. The van der Waals surface area contributed by atoms with Gasteiger partial charge in [-0.25, -0.2) is 8.42 Å². The van der Waals surface area contributed by atoms with Crippen LogP contribution in [0.25, 0.3) is 0 Å². The zero-order valence-corrected chi connectivity index (χ0v) is 16.6. The molecule has 2 saturated heterocycles. The van der Waals surface area contributed by atoms with Crippen LogP contribution in [0.15, 0.2) is 4.99 Å². The molecule has 0 aromatic carbocycles. The lowest BCUT2D eigenvalue weighted by Gasteiger charge is -2.32. The topological polar surface area (TPSA) is 77.0 Å². The fourth-order valence-corrected chi connectivity index (χ4v) is 4.45. The molecule has 11 heteroatoms. The van der Waals surface area contributed by atoms with Crippen LogP contribution in [0.3, 0.4) is 0 Å². The lowest BCUT2D eigenvalue weighted by atomic mass is 10.1. The highest BCUT2D eigenvalue weighted by atomic mass is 32.2. The van der Waals surface area contributed by atoms with Gasteiger partial charge in [0.25, 0.3) is 0 Å². The highest BCUT2D eigenvalue weighted by Gasteiger charge is 2.50. The molecule has 7 nitrogen and oxygen atoms in total. The highest BCUT2D eigenvalue weighted by Crippen LogP contribution is 2.28. The lowest BCUT2D eigenvalue weighted by molar-refractivity contribution is -0.0494. The maximum Gasteiger partial charge on any atom is 0.511 e. The van der Waals surface area contributed by atoms with Gasteiger partial charge in [-0.3, -0.25) is 4.99 Å². The number of hydrogen-bond donors (Lipinski definition) is 2. The Kier molecular flexibility index (Phi) is 8.17. The Labute approximate surface area is 159 Å². The molecule has 0 atom stereocenters. The van der Waals surface area contributed by atoms with Crippen molar-refractivity contribution in [3.05, 3.63) is 0 Å². The van der Waals surface area contributed by atoms with Crippen LogP contribution in [0.5, 0.6) is 0 Å². The van der Waals surface area contributed by atoms with E-state index in [0.717, 1.165) is 26.2 Å². The molecule has 0 aliphatic carbocycles. The first-order chi connectivity index (χ1) is 12.7. The van der Waals surface area contributed by atoms with Crippen LogP contribution < -0.4 is 10.6 Å². The number of piperidine rings is 1. The molecule has 2 aliphatic heterocycles. The fourth-order valence-electron chi connectivity index (χ4n) is 3.47. The number of hydrogen-bond acceptors (Lipinski definition) is 4. The van der Waals surface area contributed by atoms with Gasteiger partial charge in [0.1, 0.15) is 0 Å². The summed E-state index contributed by atoms with van der Waals surface area (Å²) in [7, 11) is -3.59. The number of aliphatic imine (C=N–C) groups is 1. The van der Waals surface area contributed by atoms with Gasteiger partial charge >= 0.3 is 15.5 Å². The molecule has 0 bridgehead atoms. The molecule has 0 amide bonds. The van der Waals surface area contributed by atoms with Gasteiger partial charge in [-0.05, 0) is 38.8 Å². The van der Waals surface area contributed by atoms with Crippen molar-refractivity contribution < 1.29 is 21.6 Å². The van der Waals surface area contributed by atoms with E-state index in [1.165, 1.54) is 25.7 Å². The van der Waals surface area contributed by atoms with Crippen molar-refractivity contribution in [1.29, 1.82) is 0 Å². The minimum Gasteiger partial charge on any atom is -0.355 e. The van der Waals surface area contributed by atoms with Gasteiger partial charge in [0.05, 0.1) is 0 Å². The van der Waals surface area contributed by atoms with Crippen LogP contribution in [-0.4, -0.2) is 81.4 Å². The molecular formula is C16H30F3N5O2S. The largest absolute Gasteiger partial charge is 0.511 e. The van der Waals surface area contributed by atoms with Crippen molar-refractivity contribution in [2.75, 3.05) is 46.3 Å². The second-order valence-corrected chi connectivity index (χ2v) is 8.95. The Bertz CT molecular complexity index is 581. The Hall–Kier alpha value is -1.07. The summed E-state index contributed by atoms with van der Waals surface area (Å²) in [5.41, 5.74) is -5.24. The van der Waals surface area contributed by atoms with Gasteiger partial charge in [-0.1, -0.05) is 12.8 Å². The average molecular weight is 414 g/mol. The summed E-state index contributed by atoms with van der Waals surface area (Å²) in [6.07, 6.45) is 5.65. The second kappa shape index (κ2) is 9.92. The minimum absolute atomic E-state index is 0.103. The quantitative estimate of drug-likeness (QED) is 0.526. The van der Waals surface area contributed by atoms with Crippen molar-refractivity contribution in [3.8, 4) is 0 Å². The summed E-state index contributed by atoms with van der Waals surface area (Å²) < 4.78 is 61.3. The number of nitrogens with one attached hydrogen (secondary N) is 2. The van der Waals surface area contributed by atoms with Gasteiger partial charge in [0, 0.05) is 39.3 Å². The van der Waals surface area contributed by atoms with Gasteiger partial charge in [0.2, 0.25) is 0 Å². The number of alkyl halides is 3. The predicted octanol–water partition coefficient (Wildman–Crippen LogP) is 1.34. The third kappa shape index (κ3) is 6.49. The van der Waals surface area contributed by atoms with Crippen LogP contribution in [-0.2, 0) is 10.0 Å². The molecule has 2 rings (SSSR count). The summed E-state index contributed by atoms with van der Waals surface area (Å²) in [5, 5.41) is 6.42. The smallest absolute Gasteiger partial charge is 0.355 e. The van der Waals surface area contributed by atoms with Gasteiger partial charge < -0.3 is 15.5 Å². The maximum atomic E-state index is 12.6. The van der Waals surface area contributed by atoms with E-state index >= 15 is 0 Å². The molecule has 2 aliphatic rings. The van der Waals surface area contributed by atoms with E-state index in [1.54, 1.807) is 7.05 Å². The molecule has 0 aromatic heterocycles. The van der Waals surface area contributed by atoms with E-state index in [4.69, 9.17) is 0 Å². The molecule has 0 aromatic rings. The van der Waals surface area contributed by atoms with Crippen LogP contribution in [0.4, 0.5) is 13.2 Å². The number of likely N-dealkylation sites (tertiary alicyclic amines) is 1. The second-order valence-electron chi connectivity index (χ2n) is 7.02. The maximum absolute atomic E-state index is 12.6. The van der Waals surface area contributed by atoms with Gasteiger partial charge in [-0.15, -0.1) is 0 Å². The molecule has 2 fully saturated rings. The van der Waals surface area contributed by atoms with E-state index in [2.05, 4.69) is 20.5 Å². The SMILES string of the molecule is CN=C(NCCN1CCCCCC1)NC1CCN(S(=O)(=O)C(F)(F)F)CC1. The molecule has 0 spiro atoms. The molecular weight excluding hydrogens is 383 g/mol. The van der Waals surface area contributed by atoms with Crippen molar-refractivity contribution in [2.45, 2.75) is 50.1 Å². The fraction of sp³-hybridized carbons (Fsp3) is 0.938. The van der Waals surface area contributed by atoms with Crippen LogP contribution in [0.2, 0.25) is 0 Å². The van der Waals surface area contributed by atoms with Gasteiger partial charge in [0.15, 0.2) is 5.96 Å². The Morgan fingerprint density at radius 1 is 1.07 bits per heavy atom. The van der Waals surface area contributed by atoms with Crippen LogP contribution in [0.1, 0.15) is 38.5 Å². The Morgan fingerprint density at radius 3 is 2.19 bits per heavy atom. The molecule has 2 N–H and O–H groups in total. The minimum atomic E-state index is -5.24. The molecule has 2 heterocycles. The van der Waals surface area contributed by atoms with E-state index in [1.807, 2.05) is 0 Å². The van der Waals surface area contributed by atoms with E-state index < -0.39 is 15.5 Å². The summed E-state index contributed by atoms with van der Waals surface area (Å²) in [6.45, 7) is 3.58. The summed E-state index contributed by atoms with van der Waals surface area (Å²) in [5.74, 6) is 0.599. The zero-order valence-electron chi connectivity index (χ0n) is 15.8. The average Bonchev–Trinajstić information content (AvgIpc) is 2.89. The third-order valence-corrected chi connectivity index (χ3v) is 6.70. The van der Waals surface area contributed by atoms with Crippen LogP contribution in [0, 0.1) is 0 Å². The first-order valence-electron chi connectivity index (χ1n) is 9.50. The standard InChI is InChI=1S/C16H30F3N5O2S/c1-20-15(21-8-13-23-9-4-2-3-5-10-23)22-14-6-11-24(12-7-14)27(25,26)16(17,18)19/h14H,2-13H2,1H3,(H2,20,21,22). The summed E-state index contributed by atoms with van der Waals surface area (Å²) >= 11 is 0. The van der Waals surface area contributed by atoms with Crippen LogP contribution >= 0.6 is 0 Å². The molecule has 27 heavy (non-hydrogen) atoms. The van der Waals surface area contributed by atoms with E-state index in [0.29, 0.717) is 23.1 Å². The summed E-state index contributed by atoms with van der Waals surface area (Å²) in [6, 6.07) is -0.103. The third-order valence-electron chi connectivity index (χ3n) is 5.07. The number of rotatable bonds is 5. The van der Waals surface area contributed by atoms with E-state index in [-0.39, 0.29) is 19.1 Å². The zero-order chi connectivity index (χ0) is 19.9. The molecule has 0 saturated carbocycles. The van der Waals surface area contributed by atoms with Gasteiger partial charge in [-0.2, -0.15) is 17.5 Å². The van der Waals surface area contributed by atoms with Crippen molar-refractivity contribution in [3.63, 3.8) is 0 Å². The molecule has 158 valence electrons. The molecule has 0 unspecified atom stereocenters. The first-order valence-corrected chi connectivity index (χ1v) is 10.9. The number of sulfonamides is 1. The van der Waals surface area contributed by atoms with E-state index in [9.17, 15) is 21.6 Å². The lowest BCUT2D eigenvalue weighted by Crippen LogP contribution is -2.52.